The van der Waals surface area contributed by atoms with Gasteiger partial charge in [0.25, 0.3) is 0 Å². The summed E-state index contributed by atoms with van der Waals surface area (Å²) in [5.41, 5.74) is 1.19. The Morgan fingerprint density at radius 3 is 2.60 bits per heavy atom. The maximum atomic E-state index is 12.8. The van der Waals surface area contributed by atoms with Crippen LogP contribution in [0.1, 0.15) is 31.2 Å². The maximum Gasteiger partial charge on any atom is 0.226 e. The van der Waals surface area contributed by atoms with Crippen LogP contribution in [-0.2, 0) is 11.3 Å². The molecule has 1 aromatic carbocycles. The van der Waals surface area contributed by atoms with Crippen molar-refractivity contribution in [1.82, 2.24) is 4.90 Å². The first-order chi connectivity index (χ1) is 9.78. The molecule has 3 rings (SSSR count). The number of carbonyl (C=O) groups is 1. The first kappa shape index (κ1) is 13.9. The molecule has 2 nitrogen and oxygen atoms in total. The van der Waals surface area contributed by atoms with Crippen LogP contribution in [0.5, 0.6) is 0 Å². The van der Waals surface area contributed by atoms with E-state index in [1.54, 1.807) is 0 Å². The van der Waals surface area contributed by atoms with E-state index >= 15 is 0 Å². The van der Waals surface area contributed by atoms with Gasteiger partial charge in [0.2, 0.25) is 5.91 Å². The smallest absolute Gasteiger partial charge is 0.226 e. The molecule has 0 heterocycles. The van der Waals surface area contributed by atoms with E-state index in [9.17, 15) is 4.79 Å². The van der Waals surface area contributed by atoms with Gasteiger partial charge in [-0.05, 0) is 36.7 Å². The van der Waals surface area contributed by atoms with Crippen molar-refractivity contribution in [2.24, 2.45) is 17.8 Å². The summed E-state index contributed by atoms with van der Waals surface area (Å²) in [5.74, 6) is 2.56. The zero-order valence-electron chi connectivity index (χ0n) is 11.8. The number of halogens is 1. The second-order valence-corrected chi connectivity index (χ2v) is 6.59. The van der Waals surface area contributed by atoms with Gasteiger partial charge in [0.1, 0.15) is 0 Å². The second kappa shape index (κ2) is 6.17. The Morgan fingerprint density at radius 1 is 1.20 bits per heavy atom. The van der Waals surface area contributed by atoms with Crippen molar-refractivity contribution in [3.8, 4) is 0 Å². The van der Waals surface area contributed by atoms with Crippen molar-refractivity contribution in [3.63, 3.8) is 0 Å². The quantitative estimate of drug-likeness (QED) is 0.758. The summed E-state index contributed by atoms with van der Waals surface area (Å²) in [7, 11) is 0. The van der Waals surface area contributed by atoms with Gasteiger partial charge in [0.05, 0.1) is 0 Å². The van der Waals surface area contributed by atoms with Crippen molar-refractivity contribution in [1.29, 1.82) is 0 Å². The first-order valence-electron chi connectivity index (χ1n) is 7.66. The van der Waals surface area contributed by atoms with E-state index in [-0.39, 0.29) is 5.92 Å². The summed E-state index contributed by atoms with van der Waals surface area (Å²) in [4.78, 5) is 14.8. The molecule has 2 aliphatic rings. The Morgan fingerprint density at radius 2 is 2.00 bits per heavy atom. The number of carbonyl (C=O) groups excluding carboxylic acids is 1. The minimum absolute atomic E-state index is 0.265. The molecule has 3 unspecified atom stereocenters. The third kappa shape index (κ3) is 2.85. The SMILES string of the molecule is O=C(C1CC2CCC1C2)N(CCCl)Cc1ccccc1. The van der Waals surface area contributed by atoms with Crippen LogP contribution in [-0.4, -0.2) is 23.2 Å². The van der Waals surface area contributed by atoms with Crippen LogP contribution in [0.15, 0.2) is 30.3 Å². The molecule has 0 spiro atoms. The Kier molecular flexibility index (Phi) is 4.30. The third-order valence-corrected chi connectivity index (χ3v) is 5.11. The van der Waals surface area contributed by atoms with E-state index in [1.807, 2.05) is 23.1 Å². The van der Waals surface area contributed by atoms with Gasteiger partial charge in [0.15, 0.2) is 0 Å². The molecular weight excluding hydrogens is 270 g/mol. The van der Waals surface area contributed by atoms with Gasteiger partial charge < -0.3 is 4.90 Å². The van der Waals surface area contributed by atoms with Crippen molar-refractivity contribution in [2.45, 2.75) is 32.2 Å². The molecule has 20 heavy (non-hydrogen) atoms. The number of benzene rings is 1. The molecule has 2 bridgehead atoms. The highest BCUT2D eigenvalue weighted by Gasteiger charge is 2.44. The number of fused-ring (bicyclic) bond motifs is 2. The Hall–Kier alpha value is -1.02. The zero-order valence-corrected chi connectivity index (χ0v) is 12.6. The molecule has 0 aliphatic heterocycles. The maximum absolute atomic E-state index is 12.8. The number of alkyl halides is 1. The lowest BCUT2D eigenvalue weighted by molar-refractivity contribution is -0.137. The third-order valence-electron chi connectivity index (χ3n) is 4.94. The fraction of sp³-hybridized carbons (Fsp3) is 0.588. The van der Waals surface area contributed by atoms with Crippen LogP contribution in [0.2, 0.25) is 0 Å². The average Bonchev–Trinajstić information content (AvgIpc) is 3.10. The number of rotatable bonds is 5. The largest absolute Gasteiger partial charge is 0.337 e. The van der Waals surface area contributed by atoms with Gasteiger partial charge in [-0.25, -0.2) is 0 Å². The van der Waals surface area contributed by atoms with Crippen molar-refractivity contribution >= 4 is 17.5 Å². The van der Waals surface area contributed by atoms with Gasteiger partial charge in [-0.2, -0.15) is 0 Å². The standard InChI is InChI=1S/C17H22ClNO/c18-8-9-19(12-13-4-2-1-3-5-13)17(20)16-11-14-6-7-15(16)10-14/h1-5,14-16H,6-12H2. The van der Waals surface area contributed by atoms with E-state index in [0.29, 0.717) is 30.8 Å². The van der Waals surface area contributed by atoms with Crippen molar-refractivity contribution in [2.75, 3.05) is 12.4 Å². The summed E-state index contributed by atoms with van der Waals surface area (Å²) in [5, 5.41) is 0. The zero-order chi connectivity index (χ0) is 13.9. The Balaban J connectivity index is 1.68. The van der Waals surface area contributed by atoms with E-state index < -0.39 is 0 Å². The molecule has 0 aromatic heterocycles. The lowest BCUT2D eigenvalue weighted by Crippen LogP contribution is -2.39. The average molecular weight is 292 g/mol. The lowest BCUT2D eigenvalue weighted by Gasteiger charge is -2.29. The molecule has 3 heteroatoms. The molecule has 108 valence electrons. The van der Waals surface area contributed by atoms with Crippen LogP contribution in [0, 0.1) is 17.8 Å². The van der Waals surface area contributed by atoms with Gasteiger partial charge in [-0.15, -0.1) is 11.6 Å². The van der Waals surface area contributed by atoms with E-state index in [0.717, 1.165) is 12.3 Å². The van der Waals surface area contributed by atoms with Crippen LogP contribution in [0.4, 0.5) is 0 Å². The predicted octanol–water partition coefficient (Wildman–Crippen LogP) is 3.69. The minimum Gasteiger partial charge on any atom is -0.337 e. The monoisotopic (exact) mass is 291 g/mol. The van der Waals surface area contributed by atoms with Crippen LogP contribution < -0.4 is 0 Å². The highest BCUT2D eigenvalue weighted by Crippen LogP contribution is 2.48. The van der Waals surface area contributed by atoms with E-state index in [4.69, 9.17) is 11.6 Å². The number of hydrogen-bond acceptors (Lipinski definition) is 1. The summed E-state index contributed by atoms with van der Waals surface area (Å²) in [6.07, 6.45) is 4.97. The van der Waals surface area contributed by atoms with Crippen LogP contribution in [0.3, 0.4) is 0 Å². The van der Waals surface area contributed by atoms with Crippen molar-refractivity contribution < 1.29 is 4.79 Å². The topological polar surface area (TPSA) is 20.3 Å². The fourth-order valence-electron chi connectivity index (χ4n) is 3.95. The van der Waals surface area contributed by atoms with Crippen LogP contribution >= 0.6 is 11.6 Å². The molecule has 0 saturated heterocycles. The van der Waals surface area contributed by atoms with Gasteiger partial charge >= 0.3 is 0 Å². The van der Waals surface area contributed by atoms with Crippen LogP contribution in [0.25, 0.3) is 0 Å². The molecule has 0 radical (unpaired) electrons. The molecular formula is C17H22ClNO. The van der Waals surface area contributed by atoms with Gasteiger partial charge in [-0.1, -0.05) is 36.8 Å². The highest BCUT2D eigenvalue weighted by molar-refractivity contribution is 6.18. The molecule has 2 aliphatic carbocycles. The molecule has 0 N–H and O–H groups in total. The van der Waals surface area contributed by atoms with Crippen molar-refractivity contribution in [3.05, 3.63) is 35.9 Å². The van der Waals surface area contributed by atoms with E-state index in [1.165, 1.54) is 24.8 Å². The Labute approximate surface area is 126 Å². The summed E-state index contributed by atoms with van der Waals surface area (Å²) in [6, 6.07) is 10.2. The summed E-state index contributed by atoms with van der Waals surface area (Å²) >= 11 is 5.90. The number of hydrogen-bond donors (Lipinski definition) is 0. The fourth-order valence-corrected chi connectivity index (χ4v) is 4.16. The summed E-state index contributed by atoms with van der Waals surface area (Å²) < 4.78 is 0. The molecule has 1 aromatic rings. The molecule has 3 atom stereocenters. The Bertz CT molecular complexity index is 461. The predicted molar refractivity (Wildman–Crippen MR) is 81.5 cm³/mol. The normalized spacial score (nSPS) is 27.8. The highest BCUT2D eigenvalue weighted by atomic mass is 35.5. The number of nitrogens with zero attached hydrogens (tertiary/aromatic N) is 1. The molecule has 2 saturated carbocycles. The minimum atomic E-state index is 0.265. The first-order valence-corrected chi connectivity index (χ1v) is 8.20. The summed E-state index contributed by atoms with van der Waals surface area (Å²) in [6.45, 7) is 1.35. The molecule has 1 amide bonds. The molecule has 2 fully saturated rings. The number of amides is 1. The van der Waals surface area contributed by atoms with E-state index in [2.05, 4.69) is 12.1 Å². The lowest BCUT2D eigenvalue weighted by atomic mass is 9.87. The second-order valence-electron chi connectivity index (χ2n) is 6.22. The van der Waals surface area contributed by atoms with Gasteiger partial charge in [-0.3, -0.25) is 4.79 Å². The van der Waals surface area contributed by atoms with Gasteiger partial charge in [0, 0.05) is 24.9 Å².